The van der Waals surface area contributed by atoms with Gasteiger partial charge in [0.15, 0.2) is 11.6 Å². The van der Waals surface area contributed by atoms with Crippen LogP contribution in [-0.4, -0.2) is 121 Å². The first kappa shape index (κ1) is 48.5. The van der Waals surface area contributed by atoms with Crippen LogP contribution in [0.25, 0.3) is 6.08 Å². The fourth-order valence-electron chi connectivity index (χ4n) is 8.32. The predicted molar refractivity (Wildman–Crippen MR) is 246 cm³/mol. The maximum absolute atomic E-state index is 15.2. The number of carbonyl (C=O) groups is 3. The largest absolute Gasteiger partial charge is 0.372 e. The Morgan fingerprint density at radius 3 is 2.18 bits per heavy atom. The lowest BCUT2D eigenvalue weighted by atomic mass is 9.88. The number of anilines is 2. The van der Waals surface area contributed by atoms with Crippen LogP contribution in [0.4, 0.5) is 15.9 Å². The smallest absolute Gasteiger partial charge is 0.253 e. The third-order valence-electron chi connectivity index (χ3n) is 11.6. The molecule has 2 N–H and O–H groups in total. The van der Waals surface area contributed by atoms with E-state index in [9.17, 15) is 14.4 Å². The molecule has 3 fully saturated rings. The average molecular weight is 892 g/mol. The highest BCUT2D eigenvalue weighted by Gasteiger charge is 2.28. The Labute approximate surface area is 366 Å². The van der Waals surface area contributed by atoms with Crippen molar-refractivity contribution in [1.82, 2.24) is 30.0 Å². The van der Waals surface area contributed by atoms with E-state index in [0.717, 1.165) is 106 Å². The zero-order valence-electron chi connectivity index (χ0n) is 37.0. The van der Waals surface area contributed by atoms with Gasteiger partial charge in [-0.25, -0.2) is 9.37 Å². The number of nitrogens with one attached hydrogen (secondary N) is 2. The Hall–Kier alpha value is -4.20. The minimum atomic E-state index is -0.646. The number of aromatic nitrogens is 2. The van der Waals surface area contributed by atoms with Gasteiger partial charge in [0.1, 0.15) is 12.3 Å². The molecule has 1 unspecified atom stereocenters. The molecule has 6 rings (SSSR count). The second-order valence-electron chi connectivity index (χ2n) is 15.6. The number of piperidine rings is 2. The summed E-state index contributed by atoms with van der Waals surface area (Å²) in [6, 6.07) is 11.1. The van der Waals surface area contributed by atoms with Crippen molar-refractivity contribution < 1.29 is 18.8 Å². The molecule has 11 nitrogen and oxygen atoms in total. The summed E-state index contributed by atoms with van der Waals surface area (Å²) in [5.41, 5.74) is 6.02. The number of aldehydes is 1. The zero-order valence-corrected chi connectivity index (χ0v) is 38.6. The molecule has 1 atom stereocenters. The maximum atomic E-state index is 15.2. The number of benzene rings is 1. The lowest BCUT2D eigenvalue weighted by Crippen LogP contribution is -2.49. The van der Waals surface area contributed by atoms with Gasteiger partial charge in [-0.15, -0.1) is 0 Å². The van der Waals surface area contributed by atoms with Crippen LogP contribution in [0.15, 0.2) is 58.8 Å². The van der Waals surface area contributed by atoms with Crippen molar-refractivity contribution in [2.24, 2.45) is 5.92 Å². The minimum absolute atomic E-state index is 0.122. The van der Waals surface area contributed by atoms with Crippen molar-refractivity contribution in [3.8, 4) is 0 Å². The normalized spacial score (nSPS) is 17.4. The number of piperazine rings is 1. The second-order valence-corrected chi connectivity index (χ2v) is 16.4. The lowest BCUT2D eigenvalue weighted by molar-refractivity contribution is -0.121. The van der Waals surface area contributed by atoms with E-state index < -0.39 is 11.9 Å². The van der Waals surface area contributed by atoms with Crippen molar-refractivity contribution in [2.45, 2.75) is 92.0 Å². The van der Waals surface area contributed by atoms with Crippen LogP contribution in [0.3, 0.4) is 0 Å². The monoisotopic (exact) mass is 890 g/mol. The topological polar surface area (TPSA) is 114 Å². The molecule has 0 radical (unpaired) electrons. The highest BCUT2D eigenvalue weighted by Crippen LogP contribution is 2.30. The number of rotatable bonds is 14. The highest BCUT2D eigenvalue weighted by atomic mass is 79.9. The molecule has 3 aromatic rings. The van der Waals surface area contributed by atoms with Crippen molar-refractivity contribution in [1.29, 1.82) is 0 Å². The third kappa shape index (κ3) is 13.7. The number of likely N-dealkylation sites (tertiary alicyclic amines) is 2. The number of hydrogen-bond donors (Lipinski definition) is 2. The summed E-state index contributed by atoms with van der Waals surface area (Å²) < 4.78 is 16.3. The Balaban J connectivity index is 0.00000193. The fourth-order valence-corrected chi connectivity index (χ4v) is 8.84. The summed E-state index contributed by atoms with van der Waals surface area (Å²) in [6.07, 6.45) is 11.1. The molecular weight excluding hydrogens is 823 g/mol. The van der Waals surface area contributed by atoms with Gasteiger partial charge in [-0.3, -0.25) is 24.4 Å². The predicted octanol–water partition coefficient (Wildman–Crippen LogP) is 8.20. The molecule has 13 heteroatoms. The van der Waals surface area contributed by atoms with Gasteiger partial charge in [0, 0.05) is 99.4 Å². The summed E-state index contributed by atoms with van der Waals surface area (Å²) in [4.78, 5) is 54.3. The van der Waals surface area contributed by atoms with Crippen LogP contribution in [0.2, 0.25) is 0 Å². The van der Waals surface area contributed by atoms with Crippen LogP contribution in [0.5, 0.6) is 0 Å². The van der Waals surface area contributed by atoms with Gasteiger partial charge in [-0.2, -0.15) is 0 Å². The van der Waals surface area contributed by atoms with Gasteiger partial charge in [0.05, 0.1) is 11.9 Å². The SMILES string of the molecule is CC.CC.CNC(=O)C(CCC=O)Nc1cnc(N2CCN(CC3CCN(C(=O)c4ccc(C5CCN(C/C(C)=C/c6c(Br)ccnc6C)CC5)cc4)CC3)CC2)c(F)c1. The van der Waals surface area contributed by atoms with E-state index in [1.165, 1.54) is 24.3 Å². The van der Waals surface area contributed by atoms with Crippen LogP contribution < -0.4 is 15.5 Å². The van der Waals surface area contributed by atoms with Crippen LogP contribution >= 0.6 is 15.9 Å². The summed E-state index contributed by atoms with van der Waals surface area (Å²) in [5.74, 6) is 0.760. The first-order chi connectivity index (χ1) is 29.1. The van der Waals surface area contributed by atoms with Crippen molar-refractivity contribution in [3.63, 3.8) is 0 Å². The van der Waals surface area contributed by atoms with Gasteiger partial charge < -0.3 is 25.2 Å². The molecule has 3 aliphatic heterocycles. The number of nitrogens with zero attached hydrogens (tertiary/aromatic N) is 6. The van der Waals surface area contributed by atoms with Crippen molar-refractivity contribution in [2.75, 3.05) is 82.7 Å². The summed E-state index contributed by atoms with van der Waals surface area (Å²) >= 11 is 3.66. The number of likely N-dealkylation sites (N-methyl/N-ethyl adjacent to an activating group) is 1. The number of amides is 2. The molecule has 0 saturated carbocycles. The van der Waals surface area contributed by atoms with E-state index in [4.69, 9.17) is 0 Å². The van der Waals surface area contributed by atoms with Crippen LogP contribution in [0, 0.1) is 18.7 Å². The Morgan fingerprint density at radius 2 is 1.58 bits per heavy atom. The zero-order chi connectivity index (χ0) is 43.6. The highest BCUT2D eigenvalue weighted by molar-refractivity contribution is 9.10. The quantitative estimate of drug-likeness (QED) is 0.155. The maximum Gasteiger partial charge on any atom is 0.253 e. The molecule has 2 aromatic heterocycles. The fraction of sp³-hybridized carbons (Fsp3) is 0.553. The molecule has 2 amide bonds. The number of pyridine rings is 2. The summed E-state index contributed by atoms with van der Waals surface area (Å²) in [5, 5.41) is 5.58. The molecule has 0 bridgehead atoms. The number of aryl methyl sites for hydroxylation is 1. The van der Waals surface area contributed by atoms with Crippen LogP contribution in [0.1, 0.15) is 106 Å². The molecular formula is C47H68BrFN8O3. The molecule has 328 valence electrons. The molecule has 0 aliphatic carbocycles. The minimum Gasteiger partial charge on any atom is -0.372 e. The van der Waals surface area contributed by atoms with Crippen LogP contribution in [-0.2, 0) is 9.59 Å². The van der Waals surface area contributed by atoms with Crippen molar-refractivity contribution >= 4 is 51.6 Å². The molecule has 0 spiro atoms. The van der Waals surface area contributed by atoms with Crippen molar-refractivity contribution in [3.05, 3.63) is 87.0 Å². The van der Waals surface area contributed by atoms with E-state index in [1.807, 2.05) is 68.8 Å². The first-order valence-corrected chi connectivity index (χ1v) is 22.9. The van der Waals surface area contributed by atoms with E-state index in [0.29, 0.717) is 42.9 Å². The van der Waals surface area contributed by atoms with E-state index in [-0.39, 0.29) is 18.2 Å². The number of halogens is 2. The molecule has 1 aromatic carbocycles. The Morgan fingerprint density at radius 1 is 0.917 bits per heavy atom. The van der Waals surface area contributed by atoms with Gasteiger partial charge in [-0.1, -0.05) is 67.4 Å². The molecule has 60 heavy (non-hydrogen) atoms. The average Bonchev–Trinajstić information content (AvgIpc) is 3.28. The Bertz CT molecular complexity index is 1820. The number of hydrogen-bond acceptors (Lipinski definition) is 9. The standard InChI is InChI=1S/C43H56BrFN8O3.2C2H6/c1-30(25-37-31(2)47-15-10-38(37)44)28-50-16-13-34(14-17-50)33-6-8-35(9-7-33)43(56)53-18-11-32(12-19-53)29-51-20-22-52(23-21-51)41-39(45)26-36(27-48-41)49-40(5-4-24-54)42(55)46-3;2*1-2/h6-10,15,24-27,32,34,40,49H,4-5,11-14,16-23,28-29H2,1-3H3,(H,46,55);2*1-2H3/b30-25+;;. The third-order valence-corrected chi connectivity index (χ3v) is 12.3. The first-order valence-electron chi connectivity index (χ1n) is 22.1. The summed E-state index contributed by atoms with van der Waals surface area (Å²) in [6.45, 7) is 20.8. The lowest BCUT2D eigenvalue weighted by Gasteiger charge is -2.39. The second kappa shape index (κ2) is 24.9. The van der Waals surface area contributed by atoms with Gasteiger partial charge >= 0.3 is 0 Å². The Kier molecular flexibility index (Phi) is 20.1. The summed E-state index contributed by atoms with van der Waals surface area (Å²) in [7, 11) is 1.53. The molecule has 5 heterocycles. The number of carbonyl (C=O) groups excluding carboxylic acids is 3. The van der Waals surface area contributed by atoms with E-state index in [2.05, 4.69) is 71.5 Å². The van der Waals surface area contributed by atoms with Gasteiger partial charge in [0.25, 0.3) is 5.91 Å². The molecule has 3 saturated heterocycles. The molecule has 3 aliphatic rings. The van der Waals surface area contributed by atoms with Gasteiger partial charge in [0.2, 0.25) is 5.91 Å². The van der Waals surface area contributed by atoms with E-state index in [1.54, 1.807) is 6.20 Å². The van der Waals surface area contributed by atoms with Gasteiger partial charge in [-0.05, 0) is 94.6 Å². The van der Waals surface area contributed by atoms with E-state index >= 15 is 4.39 Å².